The first-order valence-corrected chi connectivity index (χ1v) is 4.38. The van der Waals surface area contributed by atoms with Crippen molar-refractivity contribution in [3.05, 3.63) is 48.2 Å². The minimum Gasteiger partial charge on any atom is -0.438 e. The maximum absolute atomic E-state index is 5.46. The van der Waals surface area contributed by atoms with E-state index in [-0.39, 0.29) is 0 Å². The van der Waals surface area contributed by atoms with E-state index in [4.69, 9.17) is 4.74 Å². The second-order valence-electron chi connectivity index (χ2n) is 2.93. The van der Waals surface area contributed by atoms with E-state index in [2.05, 4.69) is 10.2 Å². The van der Waals surface area contributed by atoms with Gasteiger partial charge in [0.15, 0.2) is 0 Å². The highest BCUT2D eigenvalue weighted by atomic mass is 16.5. The molecular formula is C11H10N2O. The van der Waals surface area contributed by atoms with Gasteiger partial charge in [-0.15, -0.1) is 5.10 Å². The van der Waals surface area contributed by atoms with E-state index in [0.717, 1.165) is 11.4 Å². The summed E-state index contributed by atoms with van der Waals surface area (Å²) >= 11 is 0. The number of aromatic nitrogens is 2. The van der Waals surface area contributed by atoms with Crippen LogP contribution in [0, 0.1) is 6.92 Å². The Morgan fingerprint density at radius 1 is 0.929 bits per heavy atom. The van der Waals surface area contributed by atoms with E-state index in [1.54, 1.807) is 6.07 Å². The van der Waals surface area contributed by atoms with Crippen molar-refractivity contribution >= 4 is 0 Å². The van der Waals surface area contributed by atoms with Crippen LogP contribution < -0.4 is 4.74 Å². The number of hydrogen-bond donors (Lipinski definition) is 0. The van der Waals surface area contributed by atoms with Gasteiger partial charge >= 0.3 is 0 Å². The molecule has 0 aliphatic rings. The lowest BCUT2D eigenvalue weighted by Gasteiger charge is -2.02. The third kappa shape index (κ3) is 2.07. The first-order valence-electron chi connectivity index (χ1n) is 4.38. The summed E-state index contributed by atoms with van der Waals surface area (Å²) in [4.78, 5) is 0. The van der Waals surface area contributed by atoms with E-state index in [9.17, 15) is 0 Å². The van der Waals surface area contributed by atoms with Gasteiger partial charge in [0, 0.05) is 6.07 Å². The average molecular weight is 186 g/mol. The Bertz CT molecular complexity index is 397. The maximum Gasteiger partial charge on any atom is 0.238 e. The third-order valence-electron chi connectivity index (χ3n) is 1.74. The molecular weight excluding hydrogens is 176 g/mol. The van der Waals surface area contributed by atoms with E-state index in [1.807, 2.05) is 43.3 Å². The molecule has 0 spiro atoms. The Labute approximate surface area is 82.4 Å². The topological polar surface area (TPSA) is 35.0 Å². The second-order valence-corrected chi connectivity index (χ2v) is 2.93. The zero-order chi connectivity index (χ0) is 9.80. The van der Waals surface area contributed by atoms with Crippen molar-refractivity contribution in [2.75, 3.05) is 0 Å². The second kappa shape index (κ2) is 3.87. The van der Waals surface area contributed by atoms with Crippen molar-refractivity contribution < 1.29 is 4.74 Å². The van der Waals surface area contributed by atoms with Crippen LogP contribution >= 0.6 is 0 Å². The Balaban J connectivity index is 2.16. The summed E-state index contributed by atoms with van der Waals surface area (Å²) in [6.07, 6.45) is 0. The molecule has 70 valence electrons. The van der Waals surface area contributed by atoms with Crippen LogP contribution in [0.4, 0.5) is 0 Å². The molecule has 3 nitrogen and oxygen atoms in total. The van der Waals surface area contributed by atoms with Crippen molar-refractivity contribution in [1.82, 2.24) is 10.2 Å². The SMILES string of the molecule is Cc1ccc(Oc2ccccc2)nn1. The molecule has 0 fully saturated rings. The molecule has 0 aliphatic heterocycles. The Hall–Kier alpha value is -1.90. The number of nitrogens with zero attached hydrogens (tertiary/aromatic N) is 2. The molecule has 1 aromatic carbocycles. The molecule has 3 heteroatoms. The molecule has 2 rings (SSSR count). The summed E-state index contributed by atoms with van der Waals surface area (Å²) in [6, 6.07) is 13.2. The van der Waals surface area contributed by atoms with Gasteiger partial charge in [-0.2, -0.15) is 5.10 Å². The first-order chi connectivity index (χ1) is 6.84. The lowest BCUT2D eigenvalue weighted by Crippen LogP contribution is -1.91. The van der Waals surface area contributed by atoms with Crippen molar-refractivity contribution in [3.63, 3.8) is 0 Å². The molecule has 0 amide bonds. The standard InChI is InChI=1S/C11H10N2O/c1-9-7-8-11(13-12-9)14-10-5-3-2-4-6-10/h2-8H,1H3. The van der Waals surface area contributed by atoms with Crippen LogP contribution in [-0.2, 0) is 0 Å². The summed E-state index contributed by atoms with van der Waals surface area (Å²) in [5.41, 5.74) is 0.880. The molecule has 0 saturated carbocycles. The van der Waals surface area contributed by atoms with Gasteiger partial charge in [0.05, 0.1) is 5.69 Å². The summed E-state index contributed by atoms with van der Waals surface area (Å²) in [5, 5.41) is 7.80. The highest BCUT2D eigenvalue weighted by Gasteiger charge is 1.96. The molecule has 0 unspecified atom stereocenters. The number of hydrogen-bond acceptors (Lipinski definition) is 3. The Kier molecular flexibility index (Phi) is 2.40. The molecule has 0 saturated heterocycles. The fourth-order valence-corrected chi connectivity index (χ4v) is 1.05. The zero-order valence-electron chi connectivity index (χ0n) is 7.84. The van der Waals surface area contributed by atoms with Crippen LogP contribution in [0.2, 0.25) is 0 Å². The van der Waals surface area contributed by atoms with Gasteiger partial charge in [-0.3, -0.25) is 0 Å². The zero-order valence-corrected chi connectivity index (χ0v) is 7.84. The van der Waals surface area contributed by atoms with Crippen LogP contribution in [0.3, 0.4) is 0 Å². The van der Waals surface area contributed by atoms with E-state index < -0.39 is 0 Å². The van der Waals surface area contributed by atoms with E-state index in [1.165, 1.54) is 0 Å². The largest absolute Gasteiger partial charge is 0.438 e. The first kappa shape index (κ1) is 8.69. The molecule has 0 radical (unpaired) electrons. The summed E-state index contributed by atoms with van der Waals surface area (Å²) in [5.74, 6) is 1.28. The predicted molar refractivity (Wildman–Crippen MR) is 53.3 cm³/mol. The normalized spacial score (nSPS) is 9.79. The minimum absolute atomic E-state index is 0.516. The van der Waals surface area contributed by atoms with Gasteiger partial charge in [0.1, 0.15) is 5.75 Å². The average Bonchev–Trinajstić information content (AvgIpc) is 2.23. The third-order valence-corrected chi connectivity index (χ3v) is 1.74. The van der Waals surface area contributed by atoms with Crippen molar-refractivity contribution in [1.29, 1.82) is 0 Å². The molecule has 0 N–H and O–H groups in total. The molecule has 1 aromatic heterocycles. The highest BCUT2D eigenvalue weighted by molar-refractivity contribution is 5.25. The van der Waals surface area contributed by atoms with Gasteiger partial charge in [-0.05, 0) is 25.1 Å². The van der Waals surface area contributed by atoms with Gasteiger partial charge in [-0.1, -0.05) is 18.2 Å². The summed E-state index contributed by atoms with van der Waals surface area (Å²) < 4.78 is 5.46. The van der Waals surface area contributed by atoms with E-state index in [0.29, 0.717) is 5.88 Å². The fraction of sp³-hybridized carbons (Fsp3) is 0.0909. The minimum atomic E-state index is 0.516. The van der Waals surface area contributed by atoms with Crippen molar-refractivity contribution in [2.24, 2.45) is 0 Å². The van der Waals surface area contributed by atoms with Gasteiger partial charge in [0.2, 0.25) is 5.88 Å². The molecule has 2 aromatic rings. The maximum atomic E-state index is 5.46. The molecule has 0 bridgehead atoms. The van der Waals surface area contributed by atoms with E-state index >= 15 is 0 Å². The lowest BCUT2D eigenvalue weighted by molar-refractivity contribution is 0.454. The number of benzene rings is 1. The quantitative estimate of drug-likeness (QED) is 0.723. The smallest absolute Gasteiger partial charge is 0.238 e. The van der Waals surface area contributed by atoms with Crippen LogP contribution in [0.5, 0.6) is 11.6 Å². The highest BCUT2D eigenvalue weighted by Crippen LogP contribution is 2.17. The molecule has 0 atom stereocenters. The molecule has 1 heterocycles. The van der Waals surface area contributed by atoms with Gasteiger partial charge < -0.3 is 4.74 Å². The Morgan fingerprint density at radius 2 is 1.71 bits per heavy atom. The number of rotatable bonds is 2. The van der Waals surface area contributed by atoms with Crippen LogP contribution in [0.15, 0.2) is 42.5 Å². The van der Waals surface area contributed by atoms with Crippen molar-refractivity contribution in [3.8, 4) is 11.6 Å². The molecule has 0 aliphatic carbocycles. The monoisotopic (exact) mass is 186 g/mol. The predicted octanol–water partition coefficient (Wildman–Crippen LogP) is 2.58. The van der Waals surface area contributed by atoms with Crippen LogP contribution in [-0.4, -0.2) is 10.2 Å². The number of para-hydroxylation sites is 1. The number of aryl methyl sites for hydroxylation is 1. The van der Waals surface area contributed by atoms with Gasteiger partial charge in [-0.25, -0.2) is 0 Å². The number of ether oxygens (including phenoxy) is 1. The van der Waals surface area contributed by atoms with Crippen LogP contribution in [0.1, 0.15) is 5.69 Å². The summed E-state index contributed by atoms with van der Waals surface area (Å²) in [7, 11) is 0. The lowest BCUT2D eigenvalue weighted by atomic mass is 10.3. The fourth-order valence-electron chi connectivity index (χ4n) is 1.05. The van der Waals surface area contributed by atoms with Gasteiger partial charge in [0.25, 0.3) is 0 Å². The summed E-state index contributed by atoms with van der Waals surface area (Å²) in [6.45, 7) is 1.89. The van der Waals surface area contributed by atoms with Crippen LogP contribution in [0.25, 0.3) is 0 Å². The Morgan fingerprint density at radius 3 is 2.36 bits per heavy atom. The van der Waals surface area contributed by atoms with Crippen molar-refractivity contribution in [2.45, 2.75) is 6.92 Å². The molecule has 14 heavy (non-hydrogen) atoms.